The maximum absolute atomic E-state index is 5.99. The number of benzene rings is 1. The van der Waals surface area contributed by atoms with Crippen LogP contribution in [0.25, 0.3) is 11.3 Å². The molecule has 4 heterocycles. The second kappa shape index (κ2) is 5.65. The summed E-state index contributed by atoms with van der Waals surface area (Å²) in [6.45, 7) is 4.22. The van der Waals surface area contributed by atoms with Gasteiger partial charge in [-0.15, -0.1) is 0 Å². The monoisotopic (exact) mass is 327 g/mol. The summed E-state index contributed by atoms with van der Waals surface area (Å²) >= 11 is 1.88. The minimum absolute atomic E-state index is 0.448. The van der Waals surface area contributed by atoms with Gasteiger partial charge in [0.05, 0.1) is 23.6 Å². The Hall–Kier alpha value is -1.30. The lowest BCUT2D eigenvalue weighted by atomic mass is 10.1. The Kier molecular flexibility index (Phi) is 3.46. The second-order valence-electron chi connectivity index (χ2n) is 6.71. The van der Waals surface area contributed by atoms with Crippen molar-refractivity contribution in [1.29, 1.82) is 0 Å². The fourth-order valence-electron chi connectivity index (χ4n) is 4.06. The van der Waals surface area contributed by atoms with Crippen molar-refractivity contribution in [2.24, 2.45) is 0 Å². The molecule has 0 spiro atoms. The number of thioether (sulfide) groups is 1. The number of imidazole rings is 1. The number of fused-ring (bicyclic) bond motifs is 3. The molecule has 0 aliphatic carbocycles. The summed E-state index contributed by atoms with van der Waals surface area (Å²) in [5.41, 5.74) is 3.80. The molecule has 2 bridgehead atoms. The van der Waals surface area contributed by atoms with Crippen molar-refractivity contribution in [2.45, 2.75) is 43.3 Å². The van der Waals surface area contributed by atoms with E-state index in [4.69, 9.17) is 9.72 Å². The zero-order valence-electron chi connectivity index (χ0n) is 13.1. The first-order chi connectivity index (χ1) is 11.4. The van der Waals surface area contributed by atoms with Gasteiger partial charge in [0.15, 0.2) is 5.16 Å². The minimum Gasteiger partial charge on any atom is -0.372 e. The molecular weight excluding hydrogens is 306 g/mol. The van der Waals surface area contributed by atoms with Gasteiger partial charge in [0, 0.05) is 37.5 Å². The molecule has 4 nitrogen and oxygen atoms in total. The van der Waals surface area contributed by atoms with Crippen molar-refractivity contribution in [2.75, 3.05) is 18.8 Å². The van der Waals surface area contributed by atoms with Crippen LogP contribution in [0.3, 0.4) is 0 Å². The van der Waals surface area contributed by atoms with Crippen molar-refractivity contribution < 1.29 is 4.74 Å². The Morgan fingerprint density at radius 3 is 2.70 bits per heavy atom. The van der Waals surface area contributed by atoms with Crippen molar-refractivity contribution in [3.63, 3.8) is 0 Å². The van der Waals surface area contributed by atoms with Gasteiger partial charge in [-0.1, -0.05) is 42.1 Å². The van der Waals surface area contributed by atoms with Crippen LogP contribution in [0.1, 0.15) is 18.5 Å². The molecule has 23 heavy (non-hydrogen) atoms. The molecule has 2 fully saturated rings. The number of hydrogen-bond acceptors (Lipinski definition) is 4. The third kappa shape index (κ3) is 2.51. The fourth-order valence-corrected chi connectivity index (χ4v) is 5.03. The minimum atomic E-state index is 0.448. The van der Waals surface area contributed by atoms with Crippen molar-refractivity contribution in [3.05, 3.63) is 36.0 Å². The maximum Gasteiger partial charge on any atom is 0.168 e. The van der Waals surface area contributed by atoms with E-state index in [1.807, 2.05) is 11.8 Å². The van der Waals surface area contributed by atoms with E-state index in [9.17, 15) is 0 Å². The molecule has 0 amide bonds. The summed E-state index contributed by atoms with van der Waals surface area (Å²) in [6.07, 6.45) is 3.36. The lowest BCUT2D eigenvalue weighted by Gasteiger charge is -2.32. The quantitative estimate of drug-likeness (QED) is 0.867. The van der Waals surface area contributed by atoms with Crippen LogP contribution in [-0.2, 0) is 17.8 Å². The van der Waals surface area contributed by atoms with Crippen LogP contribution in [-0.4, -0.2) is 45.5 Å². The molecule has 0 saturated carbocycles. The van der Waals surface area contributed by atoms with Crippen molar-refractivity contribution in [3.8, 4) is 11.3 Å². The summed E-state index contributed by atoms with van der Waals surface area (Å²) in [5.74, 6) is 1.15. The van der Waals surface area contributed by atoms with E-state index >= 15 is 0 Å². The molecular formula is C18H21N3OS. The van der Waals surface area contributed by atoms with Gasteiger partial charge in [0.1, 0.15) is 0 Å². The summed E-state index contributed by atoms with van der Waals surface area (Å²) in [6, 6.07) is 10.6. The van der Waals surface area contributed by atoms with Crippen LogP contribution in [0.15, 0.2) is 35.5 Å². The van der Waals surface area contributed by atoms with Gasteiger partial charge in [-0.25, -0.2) is 4.98 Å². The Morgan fingerprint density at radius 2 is 1.91 bits per heavy atom. The molecule has 5 heteroatoms. The van der Waals surface area contributed by atoms with Gasteiger partial charge in [-0.3, -0.25) is 4.90 Å². The fraction of sp³-hybridized carbons (Fsp3) is 0.500. The average molecular weight is 327 g/mol. The number of ether oxygens (including phenoxy) is 1. The third-order valence-corrected chi connectivity index (χ3v) is 6.08. The highest BCUT2D eigenvalue weighted by molar-refractivity contribution is 7.99. The molecule has 120 valence electrons. The number of morpholine rings is 1. The van der Waals surface area contributed by atoms with Gasteiger partial charge in [0.2, 0.25) is 0 Å². The van der Waals surface area contributed by atoms with E-state index in [2.05, 4.69) is 39.8 Å². The van der Waals surface area contributed by atoms with Crippen LogP contribution in [0.4, 0.5) is 0 Å². The lowest BCUT2D eigenvalue weighted by molar-refractivity contribution is -0.0416. The lowest BCUT2D eigenvalue weighted by Crippen LogP contribution is -2.42. The Balaban J connectivity index is 1.49. The molecule has 3 aliphatic heterocycles. The standard InChI is InChI=1S/C18H21N3OS/c1-2-4-13(5-3-1)17-16(21-8-9-23-18(21)19-17)12-20-10-14-6-7-15(11-20)22-14/h1-5,14-15H,6-12H2. The third-order valence-electron chi connectivity index (χ3n) is 5.12. The average Bonchev–Trinajstić information content (AvgIpc) is 3.25. The summed E-state index contributed by atoms with van der Waals surface area (Å²) in [7, 11) is 0. The summed E-state index contributed by atoms with van der Waals surface area (Å²) in [5, 5.41) is 1.19. The first-order valence-corrected chi connectivity index (χ1v) is 9.51. The number of hydrogen-bond donors (Lipinski definition) is 0. The van der Waals surface area contributed by atoms with Crippen molar-refractivity contribution in [1.82, 2.24) is 14.5 Å². The smallest absolute Gasteiger partial charge is 0.168 e. The largest absolute Gasteiger partial charge is 0.372 e. The second-order valence-corrected chi connectivity index (χ2v) is 7.77. The highest BCUT2D eigenvalue weighted by atomic mass is 32.2. The molecule has 5 rings (SSSR count). The first-order valence-electron chi connectivity index (χ1n) is 8.52. The molecule has 2 unspecified atom stereocenters. The Morgan fingerprint density at radius 1 is 1.13 bits per heavy atom. The van der Waals surface area contributed by atoms with Gasteiger partial charge in [0.25, 0.3) is 0 Å². The zero-order chi connectivity index (χ0) is 15.2. The van der Waals surface area contributed by atoms with Gasteiger partial charge < -0.3 is 9.30 Å². The topological polar surface area (TPSA) is 30.3 Å². The zero-order valence-corrected chi connectivity index (χ0v) is 14.0. The highest BCUT2D eigenvalue weighted by Crippen LogP contribution is 2.35. The SMILES string of the molecule is c1ccc(-c2nc3n(c2CN2CC4CCC(C2)O4)CCS3)cc1. The van der Waals surface area contributed by atoms with Crippen LogP contribution in [0, 0.1) is 0 Å². The Labute approximate surface area is 140 Å². The van der Waals surface area contributed by atoms with E-state index in [1.54, 1.807) is 0 Å². The molecule has 3 aliphatic rings. The van der Waals surface area contributed by atoms with Crippen molar-refractivity contribution >= 4 is 11.8 Å². The van der Waals surface area contributed by atoms with E-state index in [0.29, 0.717) is 12.2 Å². The molecule has 1 aromatic carbocycles. The predicted octanol–water partition coefficient (Wildman–Crippen LogP) is 3.02. The van der Waals surface area contributed by atoms with Crippen LogP contribution >= 0.6 is 11.8 Å². The van der Waals surface area contributed by atoms with Gasteiger partial charge >= 0.3 is 0 Å². The number of aromatic nitrogens is 2. The predicted molar refractivity (Wildman–Crippen MR) is 91.6 cm³/mol. The van der Waals surface area contributed by atoms with E-state index in [1.165, 1.54) is 34.9 Å². The number of rotatable bonds is 3. The number of likely N-dealkylation sites (tertiary alicyclic amines) is 1. The number of nitrogens with zero attached hydrogens (tertiary/aromatic N) is 3. The van der Waals surface area contributed by atoms with Crippen LogP contribution in [0.2, 0.25) is 0 Å². The summed E-state index contributed by atoms with van der Waals surface area (Å²) in [4.78, 5) is 7.52. The highest BCUT2D eigenvalue weighted by Gasteiger charge is 2.35. The summed E-state index contributed by atoms with van der Waals surface area (Å²) < 4.78 is 8.42. The molecule has 2 atom stereocenters. The van der Waals surface area contributed by atoms with E-state index < -0.39 is 0 Å². The maximum atomic E-state index is 5.99. The van der Waals surface area contributed by atoms with Gasteiger partial charge in [-0.05, 0) is 12.8 Å². The first kappa shape index (κ1) is 14.1. The van der Waals surface area contributed by atoms with Crippen LogP contribution < -0.4 is 0 Å². The Bertz CT molecular complexity index is 703. The van der Waals surface area contributed by atoms with Gasteiger partial charge in [-0.2, -0.15) is 0 Å². The normalized spacial score (nSPS) is 26.6. The van der Waals surface area contributed by atoms with E-state index in [0.717, 1.165) is 31.9 Å². The van der Waals surface area contributed by atoms with Crippen LogP contribution in [0.5, 0.6) is 0 Å². The molecule has 0 radical (unpaired) electrons. The molecule has 1 aromatic heterocycles. The molecule has 2 aromatic rings. The molecule has 0 N–H and O–H groups in total. The van der Waals surface area contributed by atoms with E-state index in [-0.39, 0.29) is 0 Å². The molecule has 2 saturated heterocycles.